The van der Waals surface area contributed by atoms with Crippen molar-refractivity contribution in [2.24, 2.45) is 5.14 Å². The Morgan fingerprint density at radius 3 is 2.64 bits per heavy atom. The van der Waals surface area contributed by atoms with Crippen molar-refractivity contribution in [3.63, 3.8) is 0 Å². The molecule has 25 heavy (non-hydrogen) atoms. The maximum absolute atomic E-state index is 12.3. The van der Waals surface area contributed by atoms with Crippen LogP contribution in [0.1, 0.15) is 33.1 Å². The molecule has 1 amide bonds. The van der Waals surface area contributed by atoms with E-state index in [-0.39, 0.29) is 29.4 Å². The Hall–Kier alpha value is -2.13. The number of amides is 1. The van der Waals surface area contributed by atoms with Crippen molar-refractivity contribution in [1.29, 1.82) is 0 Å². The third-order valence-electron chi connectivity index (χ3n) is 4.03. The zero-order valence-electron chi connectivity index (χ0n) is 14.4. The van der Waals surface area contributed by atoms with Gasteiger partial charge in [0.2, 0.25) is 15.9 Å². The first-order chi connectivity index (χ1) is 11.8. The average Bonchev–Trinajstić information content (AvgIpc) is 2.87. The Balaban J connectivity index is 2.20. The number of aromatic nitrogens is 1. The fourth-order valence-corrected chi connectivity index (χ4v) is 3.14. The summed E-state index contributed by atoms with van der Waals surface area (Å²) in [6.45, 7) is 5.47. The lowest BCUT2D eigenvalue weighted by Gasteiger charge is -2.20. The second kappa shape index (κ2) is 7.83. The highest BCUT2D eigenvalue weighted by atomic mass is 32.2. The van der Waals surface area contributed by atoms with Gasteiger partial charge in [0.1, 0.15) is 0 Å². The number of hydrogen-bond acceptors (Lipinski definition) is 5. The van der Waals surface area contributed by atoms with Gasteiger partial charge in [-0.15, -0.1) is 0 Å². The number of aryl methyl sites for hydroxylation is 1. The first-order valence-electron chi connectivity index (χ1n) is 8.21. The van der Waals surface area contributed by atoms with Crippen molar-refractivity contribution in [1.82, 2.24) is 9.47 Å². The maximum atomic E-state index is 12.3. The van der Waals surface area contributed by atoms with Crippen LogP contribution < -0.4 is 10.9 Å². The highest BCUT2D eigenvalue weighted by molar-refractivity contribution is 7.89. The van der Waals surface area contributed by atoms with Gasteiger partial charge in [-0.3, -0.25) is 9.36 Å². The Kier molecular flexibility index (Phi) is 6.02. The summed E-state index contributed by atoms with van der Waals surface area (Å²) in [5, 5.41) is 5.08. The van der Waals surface area contributed by atoms with Crippen LogP contribution in [-0.2, 0) is 21.4 Å². The minimum Gasteiger partial charge on any atom is -0.408 e. The Labute approximate surface area is 146 Å². The van der Waals surface area contributed by atoms with E-state index in [0.717, 1.165) is 12.8 Å². The third-order valence-corrected chi connectivity index (χ3v) is 4.94. The molecule has 0 atom stereocenters. The SMILES string of the molecule is CCCCN(CC)C(=O)CCn1c(=O)oc2cc(S(N)(=O)=O)ccc21. The fourth-order valence-electron chi connectivity index (χ4n) is 2.61. The first kappa shape index (κ1) is 19.2. The molecule has 1 aromatic heterocycles. The predicted molar refractivity (Wildman–Crippen MR) is 93.6 cm³/mol. The van der Waals surface area contributed by atoms with Crippen molar-refractivity contribution >= 4 is 27.0 Å². The molecule has 2 rings (SSSR count). The van der Waals surface area contributed by atoms with Gasteiger partial charge in [-0.2, -0.15) is 0 Å². The monoisotopic (exact) mass is 369 g/mol. The molecule has 1 heterocycles. The lowest BCUT2D eigenvalue weighted by molar-refractivity contribution is -0.131. The topological polar surface area (TPSA) is 116 Å². The number of primary sulfonamides is 1. The number of hydrogen-bond donors (Lipinski definition) is 1. The molecule has 0 aliphatic carbocycles. The largest absolute Gasteiger partial charge is 0.419 e. The van der Waals surface area contributed by atoms with Crippen molar-refractivity contribution in [3.05, 3.63) is 28.7 Å². The summed E-state index contributed by atoms with van der Waals surface area (Å²) in [5.41, 5.74) is 0.559. The fraction of sp³-hybridized carbons (Fsp3) is 0.500. The van der Waals surface area contributed by atoms with Crippen LogP contribution in [-0.4, -0.2) is 36.9 Å². The van der Waals surface area contributed by atoms with Crippen molar-refractivity contribution in [2.75, 3.05) is 13.1 Å². The summed E-state index contributed by atoms with van der Waals surface area (Å²) in [7, 11) is -3.88. The molecule has 0 fully saturated rings. The molecular formula is C16H23N3O5S. The summed E-state index contributed by atoms with van der Waals surface area (Å²) < 4.78 is 29.2. The standard InChI is InChI=1S/C16H23N3O5S/c1-3-5-9-18(4-2)15(20)8-10-19-13-7-6-12(25(17,22)23)11-14(13)24-16(19)21/h6-7,11H,3-5,8-10H2,1-2H3,(H2,17,22,23). The number of oxazole rings is 1. The van der Waals surface area contributed by atoms with Gasteiger partial charge in [0, 0.05) is 32.1 Å². The molecular weight excluding hydrogens is 346 g/mol. The summed E-state index contributed by atoms with van der Waals surface area (Å²) in [6.07, 6.45) is 2.11. The summed E-state index contributed by atoms with van der Waals surface area (Å²) in [4.78, 5) is 25.9. The van der Waals surface area contributed by atoms with Gasteiger partial charge in [-0.25, -0.2) is 18.4 Å². The van der Waals surface area contributed by atoms with Crippen molar-refractivity contribution < 1.29 is 17.6 Å². The van der Waals surface area contributed by atoms with E-state index in [9.17, 15) is 18.0 Å². The first-order valence-corrected chi connectivity index (χ1v) is 9.76. The second-order valence-corrected chi connectivity index (χ2v) is 7.33. The highest BCUT2D eigenvalue weighted by Crippen LogP contribution is 2.18. The van der Waals surface area contributed by atoms with E-state index in [4.69, 9.17) is 9.56 Å². The average molecular weight is 369 g/mol. The number of carbonyl (C=O) groups is 1. The van der Waals surface area contributed by atoms with Crippen LogP contribution in [0.3, 0.4) is 0 Å². The van der Waals surface area contributed by atoms with Gasteiger partial charge in [0.15, 0.2) is 5.58 Å². The van der Waals surface area contributed by atoms with Crippen LogP contribution in [0, 0.1) is 0 Å². The summed E-state index contributed by atoms with van der Waals surface area (Å²) in [6, 6.07) is 3.98. The number of benzene rings is 1. The number of carbonyl (C=O) groups excluding carboxylic acids is 1. The smallest absolute Gasteiger partial charge is 0.408 e. The van der Waals surface area contributed by atoms with Gasteiger partial charge in [-0.05, 0) is 25.5 Å². The molecule has 0 saturated carbocycles. The molecule has 0 spiro atoms. The molecule has 2 N–H and O–H groups in total. The molecule has 0 saturated heterocycles. The number of fused-ring (bicyclic) bond motifs is 1. The van der Waals surface area contributed by atoms with Gasteiger partial charge in [-0.1, -0.05) is 13.3 Å². The predicted octanol–water partition coefficient (Wildman–Crippen LogP) is 1.28. The third kappa shape index (κ3) is 4.49. The van der Waals surface area contributed by atoms with Crippen LogP contribution in [0.4, 0.5) is 0 Å². The minimum absolute atomic E-state index is 0.0293. The Morgan fingerprint density at radius 2 is 2.04 bits per heavy atom. The van der Waals surface area contributed by atoms with Crippen molar-refractivity contribution in [2.45, 2.75) is 44.6 Å². The van der Waals surface area contributed by atoms with E-state index in [1.54, 1.807) is 4.90 Å². The summed E-state index contributed by atoms with van der Waals surface area (Å²) >= 11 is 0. The molecule has 0 aliphatic heterocycles. The molecule has 9 heteroatoms. The lowest BCUT2D eigenvalue weighted by atomic mass is 10.2. The molecule has 2 aromatic rings. The molecule has 138 valence electrons. The van der Waals surface area contributed by atoms with Gasteiger partial charge >= 0.3 is 5.76 Å². The highest BCUT2D eigenvalue weighted by Gasteiger charge is 2.16. The Bertz CT molecular complexity index is 913. The normalized spacial score (nSPS) is 11.8. The zero-order chi connectivity index (χ0) is 18.6. The number of sulfonamides is 1. The minimum atomic E-state index is -3.88. The van der Waals surface area contributed by atoms with E-state index < -0.39 is 15.8 Å². The lowest BCUT2D eigenvalue weighted by Crippen LogP contribution is -2.33. The number of nitrogens with two attached hydrogens (primary N) is 1. The van der Waals surface area contributed by atoms with Crippen LogP contribution in [0.5, 0.6) is 0 Å². The van der Waals surface area contributed by atoms with Crippen molar-refractivity contribution in [3.8, 4) is 0 Å². The Morgan fingerprint density at radius 1 is 1.32 bits per heavy atom. The van der Waals surface area contributed by atoms with Gasteiger partial charge < -0.3 is 9.32 Å². The molecule has 0 unspecified atom stereocenters. The number of rotatable bonds is 8. The van der Waals surface area contributed by atoms with Crippen LogP contribution in [0.2, 0.25) is 0 Å². The molecule has 0 aliphatic rings. The van der Waals surface area contributed by atoms with E-state index in [0.29, 0.717) is 18.6 Å². The van der Waals surface area contributed by atoms with E-state index in [1.807, 2.05) is 6.92 Å². The number of nitrogens with zero attached hydrogens (tertiary/aromatic N) is 2. The van der Waals surface area contributed by atoms with Gasteiger partial charge in [0.05, 0.1) is 10.4 Å². The molecule has 0 bridgehead atoms. The zero-order valence-corrected chi connectivity index (χ0v) is 15.2. The number of unbranched alkanes of at least 4 members (excludes halogenated alkanes) is 1. The van der Waals surface area contributed by atoms with Crippen LogP contribution >= 0.6 is 0 Å². The molecule has 0 radical (unpaired) electrons. The molecule has 1 aromatic carbocycles. The van der Waals surface area contributed by atoms with E-state index in [1.165, 1.54) is 22.8 Å². The van der Waals surface area contributed by atoms with Crippen LogP contribution in [0.15, 0.2) is 32.3 Å². The van der Waals surface area contributed by atoms with E-state index >= 15 is 0 Å². The van der Waals surface area contributed by atoms with E-state index in [2.05, 4.69) is 6.92 Å². The summed E-state index contributed by atoms with van der Waals surface area (Å²) in [5.74, 6) is -0.663. The quantitative estimate of drug-likeness (QED) is 0.752. The molecule has 8 nitrogen and oxygen atoms in total. The van der Waals surface area contributed by atoms with Gasteiger partial charge in [0.25, 0.3) is 0 Å². The second-order valence-electron chi connectivity index (χ2n) is 5.77. The van der Waals surface area contributed by atoms with Crippen LogP contribution in [0.25, 0.3) is 11.1 Å². The maximum Gasteiger partial charge on any atom is 0.419 e.